The molecule has 1 nitrogen and oxygen atoms in total. The molecular weight excluding hydrogens is 351 g/mol. The summed E-state index contributed by atoms with van der Waals surface area (Å²) in [4.78, 5) is 1.11. The summed E-state index contributed by atoms with van der Waals surface area (Å²) < 4.78 is 38.7. The van der Waals surface area contributed by atoms with E-state index in [9.17, 15) is 13.2 Å². The average molecular weight is 364 g/mol. The van der Waals surface area contributed by atoms with E-state index >= 15 is 0 Å². The summed E-state index contributed by atoms with van der Waals surface area (Å²) in [5, 5.41) is 5.12. The van der Waals surface area contributed by atoms with Crippen LogP contribution in [0.5, 0.6) is 0 Å². The minimum absolute atomic E-state index is 0.0252. The SMILES string of the molecule is CCC(Nc1ccc(Br)c(C(F)(F)F)c1)c1cccs1. The van der Waals surface area contributed by atoms with Gasteiger partial charge in [0, 0.05) is 15.0 Å². The third-order valence-corrected chi connectivity index (χ3v) is 4.59. The second-order valence-electron chi connectivity index (χ2n) is 4.31. The molecule has 0 amide bonds. The Labute approximate surface area is 128 Å². The van der Waals surface area contributed by atoms with Crippen LogP contribution >= 0.6 is 27.3 Å². The molecule has 0 bridgehead atoms. The predicted octanol–water partition coefficient (Wildman–Crippen LogP) is 6.09. The summed E-state index contributed by atoms with van der Waals surface area (Å²) >= 11 is 4.54. The molecule has 1 atom stereocenters. The minimum atomic E-state index is -4.36. The van der Waals surface area contributed by atoms with Gasteiger partial charge in [-0.2, -0.15) is 13.2 Å². The highest BCUT2D eigenvalue weighted by Crippen LogP contribution is 2.37. The maximum absolute atomic E-state index is 12.9. The molecule has 1 N–H and O–H groups in total. The quantitative estimate of drug-likeness (QED) is 0.692. The zero-order valence-electron chi connectivity index (χ0n) is 10.7. The maximum atomic E-state index is 12.9. The van der Waals surface area contributed by atoms with Crippen molar-refractivity contribution in [3.63, 3.8) is 0 Å². The number of hydrogen-bond acceptors (Lipinski definition) is 2. The molecule has 0 fully saturated rings. The van der Waals surface area contributed by atoms with Gasteiger partial charge in [0.2, 0.25) is 0 Å². The standard InChI is InChI=1S/C14H13BrF3NS/c1-2-12(13-4-3-7-20-13)19-9-5-6-11(15)10(8-9)14(16,17)18/h3-8,12,19H,2H2,1H3. The smallest absolute Gasteiger partial charge is 0.377 e. The Hall–Kier alpha value is -1.01. The summed E-state index contributed by atoms with van der Waals surface area (Å²) in [6.45, 7) is 2.00. The van der Waals surface area contributed by atoms with Crippen LogP contribution in [0.3, 0.4) is 0 Å². The molecule has 2 aromatic rings. The molecule has 0 spiro atoms. The van der Waals surface area contributed by atoms with Gasteiger partial charge in [0.25, 0.3) is 0 Å². The summed E-state index contributed by atoms with van der Waals surface area (Å²) in [6.07, 6.45) is -3.56. The Morgan fingerprint density at radius 2 is 2.05 bits per heavy atom. The van der Waals surface area contributed by atoms with Crippen molar-refractivity contribution in [1.82, 2.24) is 0 Å². The first-order valence-corrected chi connectivity index (χ1v) is 7.75. The van der Waals surface area contributed by atoms with Gasteiger partial charge in [-0.3, -0.25) is 0 Å². The van der Waals surface area contributed by atoms with E-state index in [1.807, 2.05) is 24.4 Å². The van der Waals surface area contributed by atoms with E-state index in [1.165, 1.54) is 6.07 Å². The van der Waals surface area contributed by atoms with Gasteiger partial charge in [-0.1, -0.05) is 28.9 Å². The molecule has 0 saturated heterocycles. The van der Waals surface area contributed by atoms with Crippen molar-refractivity contribution in [3.05, 3.63) is 50.6 Å². The predicted molar refractivity (Wildman–Crippen MR) is 80.1 cm³/mol. The van der Waals surface area contributed by atoms with Crippen LogP contribution in [0.2, 0.25) is 0 Å². The Bertz CT molecular complexity index is 566. The molecule has 1 heterocycles. The Morgan fingerprint density at radius 1 is 1.30 bits per heavy atom. The zero-order valence-corrected chi connectivity index (χ0v) is 13.1. The van der Waals surface area contributed by atoms with Crippen molar-refractivity contribution in [1.29, 1.82) is 0 Å². The number of rotatable bonds is 4. The largest absolute Gasteiger partial charge is 0.417 e. The summed E-state index contributed by atoms with van der Waals surface area (Å²) in [7, 11) is 0. The summed E-state index contributed by atoms with van der Waals surface area (Å²) in [6, 6.07) is 8.15. The van der Waals surface area contributed by atoms with Crippen LogP contribution in [0.4, 0.5) is 18.9 Å². The Kier molecular flexibility index (Phi) is 4.75. The number of nitrogens with one attached hydrogen (secondary N) is 1. The normalized spacial score (nSPS) is 13.2. The lowest BCUT2D eigenvalue weighted by molar-refractivity contribution is -0.138. The molecule has 0 aliphatic heterocycles. The molecule has 1 unspecified atom stereocenters. The molecule has 2 rings (SSSR count). The van der Waals surface area contributed by atoms with E-state index in [4.69, 9.17) is 0 Å². The topological polar surface area (TPSA) is 12.0 Å². The number of halogens is 4. The fourth-order valence-electron chi connectivity index (χ4n) is 1.90. The number of hydrogen-bond donors (Lipinski definition) is 1. The van der Waals surface area contributed by atoms with E-state index < -0.39 is 11.7 Å². The van der Waals surface area contributed by atoms with Crippen molar-refractivity contribution >= 4 is 33.0 Å². The van der Waals surface area contributed by atoms with Gasteiger partial charge in [0.1, 0.15) is 0 Å². The highest BCUT2D eigenvalue weighted by atomic mass is 79.9. The van der Waals surface area contributed by atoms with E-state index in [1.54, 1.807) is 17.4 Å². The number of thiophene rings is 1. The lowest BCUT2D eigenvalue weighted by Crippen LogP contribution is -2.11. The van der Waals surface area contributed by atoms with Gasteiger partial charge in [0.15, 0.2) is 0 Å². The zero-order chi connectivity index (χ0) is 14.8. The van der Waals surface area contributed by atoms with Crippen LogP contribution < -0.4 is 5.32 Å². The highest BCUT2D eigenvalue weighted by Gasteiger charge is 2.33. The highest BCUT2D eigenvalue weighted by molar-refractivity contribution is 9.10. The van der Waals surface area contributed by atoms with Crippen LogP contribution in [0, 0.1) is 0 Å². The Morgan fingerprint density at radius 3 is 2.60 bits per heavy atom. The molecule has 0 aliphatic carbocycles. The fraction of sp³-hybridized carbons (Fsp3) is 0.286. The number of alkyl halides is 3. The molecule has 0 aliphatic rings. The lowest BCUT2D eigenvalue weighted by atomic mass is 10.1. The van der Waals surface area contributed by atoms with Gasteiger partial charge in [-0.25, -0.2) is 0 Å². The van der Waals surface area contributed by atoms with Crippen molar-refractivity contribution in [2.75, 3.05) is 5.32 Å². The van der Waals surface area contributed by atoms with Crippen molar-refractivity contribution < 1.29 is 13.2 Å². The van der Waals surface area contributed by atoms with Gasteiger partial charge in [0.05, 0.1) is 11.6 Å². The monoisotopic (exact) mass is 363 g/mol. The molecule has 0 saturated carbocycles. The fourth-order valence-corrected chi connectivity index (χ4v) is 3.23. The third kappa shape index (κ3) is 3.55. The van der Waals surface area contributed by atoms with Crippen LogP contribution in [0.15, 0.2) is 40.2 Å². The summed E-state index contributed by atoms with van der Waals surface area (Å²) in [5.41, 5.74) is -0.190. The Balaban J connectivity index is 2.25. The number of anilines is 1. The first-order chi connectivity index (χ1) is 9.41. The van der Waals surface area contributed by atoms with Crippen LogP contribution in [0.25, 0.3) is 0 Å². The van der Waals surface area contributed by atoms with E-state index in [0.717, 1.165) is 17.4 Å². The second kappa shape index (κ2) is 6.18. The maximum Gasteiger partial charge on any atom is 0.417 e. The summed E-state index contributed by atoms with van der Waals surface area (Å²) in [5.74, 6) is 0. The molecule has 20 heavy (non-hydrogen) atoms. The van der Waals surface area contributed by atoms with Crippen molar-refractivity contribution in [2.45, 2.75) is 25.6 Å². The number of benzene rings is 1. The first kappa shape index (κ1) is 15.4. The minimum Gasteiger partial charge on any atom is -0.377 e. The molecule has 1 aromatic carbocycles. The van der Waals surface area contributed by atoms with Crippen molar-refractivity contribution in [3.8, 4) is 0 Å². The van der Waals surface area contributed by atoms with Gasteiger partial charge in [-0.15, -0.1) is 11.3 Å². The lowest BCUT2D eigenvalue weighted by Gasteiger charge is -2.18. The first-order valence-electron chi connectivity index (χ1n) is 6.08. The van der Waals surface area contributed by atoms with Crippen molar-refractivity contribution in [2.24, 2.45) is 0 Å². The molecule has 6 heteroatoms. The average Bonchev–Trinajstić information content (AvgIpc) is 2.90. The molecule has 1 aromatic heterocycles. The van der Waals surface area contributed by atoms with Gasteiger partial charge in [-0.05, 0) is 36.1 Å². The molecular formula is C14H13BrF3NS. The van der Waals surface area contributed by atoms with Crippen LogP contribution in [-0.2, 0) is 6.18 Å². The second-order valence-corrected chi connectivity index (χ2v) is 6.15. The molecule has 0 radical (unpaired) electrons. The van der Waals surface area contributed by atoms with Gasteiger partial charge < -0.3 is 5.32 Å². The third-order valence-electron chi connectivity index (χ3n) is 2.91. The van der Waals surface area contributed by atoms with Gasteiger partial charge >= 0.3 is 6.18 Å². The van der Waals surface area contributed by atoms with Crippen LogP contribution in [0.1, 0.15) is 29.8 Å². The van der Waals surface area contributed by atoms with E-state index in [-0.39, 0.29) is 10.5 Å². The molecule has 108 valence electrons. The van der Waals surface area contributed by atoms with E-state index in [0.29, 0.717) is 5.69 Å². The van der Waals surface area contributed by atoms with E-state index in [2.05, 4.69) is 21.2 Å². The van der Waals surface area contributed by atoms with Crippen LogP contribution in [-0.4, -0.2) is 0 Å².